The van der Waals surface area contributed by atoms with Crippen LogP contribution in [0.25, 0.3) is 11.4 Å². The number of nitrogens with zero attached hydrogens (tertiary/aromatic N) is 3. The maximum atomic E-state index is 12.5. The van der Waals surface area contributed by atoms with Crippen molar-refractivity contribution >= 4 is 52.5 Å². The number of carbonyl (C=O) groups is 1. The predicted octanol–water partition coefficient (Wildman–Crippen LogP) is 5.96. The molecule has 6 nitrogen and oxygen atoms in total. The van der Waals surface area contributed by atoms with Gasteiger partial charge in [0.15, 0.2) is 0 Å². The molecule has 0 bridgehead atoms. The van der Waals surface area contributed by atoms with Crippen molar-refractivity contribution in [3.8, 4) is 11.4 Å². The van der Waals surface area contributed by atoms with Crippen LogP contribution in [-0.4, -0.2) is 46.3 Å². The number of carbonyl (C=O) groups excluding carboxylic acids is 1. The molecule has 0 unspecified atom stereocenters. The molecule has 2 heterocycles. The highest BCUT2D eigenvalue weighted by molar-refractivity contribution is 7.98. The van der Waals surface area contributed by atoms with Crippen molar-refractivity contribution < 1.29 is 9.32 Å². The lowest BCUT2D eigenvalue weighted by Gasteiger charge is -2.30. The number of hydrogen-bond donors (Lipinski definition) is 1. The lowest BCUT2D eigenvalue weighted by molar-refractivity contribution is -0.126. The van der Waals surface area contributed by atoms with Gasteiger partial charge in [-0.1, -0.05) is 52.1 Å². The monoisotopic (exact) mass is 538 g/mol. The summed E-state index contributed by atoms with van der Waals surface area (Å²) in [5.74, 6) is 2.95. The standard InChI is InChI=1S/C24H25Cl3N4O2S/c25-18-3-1-16(2-4-18)15-34-12-9-28-24(32)17-7-10-31(11-8-17)14-22-29-23(30-33-22)20-6-5-19(26)13-21(20)27/h1-6,13,17H,7-12,14-15H2,(H,28,32). The number of amides is 1. The molecule has 1 aliphatic heterocycles. The summed E-state index contributed by atoms with van der Waals surface area (Å²) in [4.78, 5) is 19.2. The number of halogens is 3. The highest BCUT2D eigenvalue weighted by atomic mass is 35.5. The highest BCUT2D eigenvalue weighted by Crippen LogP contribution is 2.29. The lowest BCUT2D eigenvalue weighted by Crippen LogP contribution is -2.40. The molecule has 0 aliphatic carbocycles. The Balaban J connectivity index is 1.15. The molecular formula is C24H25Cl3N4O2S. The van der Waals surface area contributed by atoms with Crippen LogP contribution in [0.3, 0.4) is 0 Å². The molecule has 3 aromatic rings. The molecule has 1 amide bonds. The third-order valence-corrected chi connectivity index (χ3v) is 7.52. The molecule has 34 heavy (non-hydrogen) atoms. The minimum absolute atomic E-state index is 0.0450. The fourth-order valence-electron chi connectivity index (χ4n) is 3.81. The zero-order valence-corrected chi connectivity index (χ0v) is 21.6. The molecule has 1 aliphatic rings. The van der Waals surface area contributed by atoms with Gasteiger partial charge in [-0.2, -0.15) is 16.7 Å². The van der Waals surface area contributed by atoms with Gasteiger partial charge in [-0.3, -0.25) is 9.69 Å². The summed E-state index contributed by atoms with van der Waals surface area (Å²) in [6, 6.07) is 13.0. The SMILES string of the molecule is O=C(NCCSCc1ccc(Cl)cc1)C1CCN(Cc2nc(-c3ccc(Cl)cc3Cl)no2)CC1. The van der Waals surface area contributed by atoms with Crippen molar-refractivity contribution in [3.05, 3.63) is 69.0 Å². The maximum absolute atomic E-state index is 12.5. The van der Waals surface area contributed by atoms with Crippen LogP contribution in [0.5, 0.6) is 0 Å². The van der Waals surface area contributed by atoms with E-state index in [1.165, 1.54) is 5.56 Å². The molecule has 0 spiro atoms. The van der Waals surface area contributed by atoms with Crippen molar-refractivity contribution in [2.45, 2.75) is 25.1 Å². The Bertz CT molecular complexity index is 1100. The number of aromatic nitrogens is 2. The van der Waals surface area contributed by atoms with Crippen molar-refractivity contribution in [2.24, 2.45) is 5.92 Å². The highest BCUT2D eigenvalue weighted by Gasteiger charge is 2.26. The molecule has 4 rings (SSSR count). The Morgan fingerprint density at radius 3 is 2.56 bits per heavy atom. The first-order valence-corrected chi connectivity index (χ1v) is 13.4. The van der Waals surface area contributed by atoms with E-state index in [4.69, 9.17) is 39.3 Å². The number of benzene rings is 2. The number of hydrogen-bond acceptors (Lipinski definition) is 6. The molecule has 10 heteroatoms. The Morgan fingerprint density at radius 1 is 1.09 bits per heavy atom. The first-order valence-electron chi connectivity index (χ1n) is 11.1. The first kappa shape index (κ1) is 25.3. The van der Waals surface area contributed by atoms with E-state index in [1.54, 1.807) is 30.0 Å². The van der Waals surface area contributed by atoms with Gasteiger partial charge in [-0.05, 0) is 61.8 Å². The fourth-order valence-corrected chi connectivity index (χ4v) is 5.24. The molecule has 0 saturated carbocycles. The van der Waals surface area contributed by atoms with E-state index in [1.807, 2.05) is 24.3 Å². The molecule has 1 fully saturated rings. The van der Waals surface area contributed by atoms with Crippen LogP contribution in [0.15, 0.2) is 47.0 Å². The summed E-state index contributed by atoms with van der Waals surface area (Å²) in [7, 11) is 0. The van der Waals surface area contributed by atoms with Gasteiger partial charge in [-0.25, -0.2) is 0 Å². The molecule has 1 saturated heterocycles. The minimum Gasteiger partial charge on any atom is -0.355 e. The van der Waals surface area contributed by atoms with E-state index in [9.17, 15) is 4.79 Å². The number of piperidine rings is 1. The number of thioether (sulfide) groups is 1. The Kier molecular flexibility index (Phi) is 9.14. The van der Waals surface area contributed by atoms with Gasteiger partial charge in [0.05, 0.1) is 11.6 Å². The maximum Gasteiger partial charge on any atom is 0.241 e. The van der Waals surface area contributed by atoms with Crippen molar-refractivity contribution in [2.75, 3.05) is 25.4 Å². The van der Waals surface area contributed by atoms with Crippen LogP contribution in [0.2, 0.25) is 15.1 Å². The number of rotatable bonds is 9. The van der Waals surface area contributed by atoms with Crippen LogP contribution < -0.4 is 5.32 Å². The smallest absolute Gasteiger partial charge is 0.241 e. The van der Waals surface area contributed by atoms with Crippen LogP contribution >= 0.6 is 46.6 Å². The molecule has 0 atom stereocenters. The Labute approximate surface area is 218 Å². The average molecular weight is 540 g/mol. The van der Waals surface area contributed by atoms with Gasteiger partial charge < -0.3 is 9.84 Å². The van der Waals surface area contributed by atoms with E-state index in [-0.39, 0.29) is 11.8 Å². The predicted molar refractivity (Wildman–Crippen MR) is 138 cm³/mol. The van der Waals surface area contributed by atoms with E-state index < -0.39 is 0 Å². The van der Waals surface area contributed by atoms with Crippen molar-refractivity contribution in [1.82, 2.24) is 20.4 Å². The van der Waals surface area contributed by atoms with Crippen LogP contribution in [0.4, 0.5) is 0 Å². The topological polar surface area (TPSA) is 71.3 Å². The second-order valence-electron chi connectivity index (χ2n) is 8.16. The summed E-state index contributed by atoms with van der Waals surface area (Å²) < 4.78 is 5.41. The molecule has 0 radical (unpaired) electrons. The van der Waals surface area contributed by atoms with E-state index >= 15 is 0 Å². The summed E-state index contributed by atoms with van der Waals surface area (Å²) in [6.45, 7) is 2.84. The van der Waals surface area contributed by atoms with Gasteiger partial charge in [0.2, 0.25) is 17.6 Å². The van der Waals surface area contributed by atoms with Gasteiger partial charge in [-0.15, -0.1) is 0 Å². The van der Waals surface area contributed by atoms with E-state index in [2.05, 4.69) is 20.4 Å². The third-order valence-electron chi connectivity index (χ3n) is 5.68. The van der Waals surface area contributed by atoms with Crippen LogP contribution in [0, 0.1) is 5.92 Å². The largest absolute Gasteiger partial charge is 0.355 e. The summed E-state index contributed by atoms with van der Waals surface area (Å²) in [5.41, 5.74) is 1.92. The van der Waals surface area contributed by atoms with Crippen molar-refractivity contribution in [3.63, 3.8) is 0 Å². The van der Waals surface area contributed by atoms with Gasteiger partial charge >= 0.3 is 0 Å². The van der Waals surface area contributed by atoms with Crippen LogP contribution in [0.1, 0.15) is 24.3 Å². The van der Waals surface area contributed by atoms with E-state index in [0.717, 1.165) is 42.5 Å². The number of likely N-dealkylation sites (tertiary alicyclic amines) is 1. The second-order valence-corrected chi connectivity index (χ2v) is 10.5. The third kappa shape index (κ3) is 7.12. The van der Waals surface area contributed by atoms with Crippen molar-refractivity contribution in [1.29, 1.82) is 0 Å². The van der Waals surface area contributed by atoms with Crippen LogP contribution in [-0.2, 0) is 17.1 Å². The average Bonchev–Trinajstić information content (AvgIpc) is 3.28. The molecule has 180 valence electrons. The molecule has 2 aromatic carbocycles. The summed E-state index contributed by atoms with van der Waals surface area (Å²) >= 11 is 19.9. The molecule has 1 N–H and O–H groups in total. The summed E-state index contributed by atoms with van der Waals surface area (Å²) in [5, 5.41) is 8.91. The normalized spacial score (nSPS) is 14.9. The number of nitrogens with one attached hydrogen (secondary N) is 1. The Morgan fingerprint density at radius 2 is 1.82 bits per heavy atom. The minimum atomic E-state index is 0.0450. The summed E-state index contributed by atoms with van der Waals surface area (Å²) in [6.07, 6.45) is 1.63. The lowest BCUT2D eigenvalue weighted by atomic mass is 9.96. The zero-order valence-electron chi connectivity index (χ0n) is 18.5. The van der Waals surface area contributed by atoms with E-state index in [0.29, 0.717) is 40.4 Å². The fraction of sp³-hybridized carbons (Fsp3) is 0.375. The van der Waals surface area contributed by atoms with Gasteiger partial charge in [0, 0.05) is 39.6 Å². The van der Waals surface area contributed by atoms with Gasteiger partial charge in [0.25, 0.3) is 0 Å². The zero-order chi connectivity index (χ0) is 23.9. The molecule has 1 aromatic heterocycles. The molecular weight excluding hydrogens is 515 g/mol. The van der Waals surface area contributed by atoms with Gasteiger partial charge in [0.1, 0.15) is 0 Å². The first-order chi connectivity index (χ1) is 16.5. The Hall–Kier alpha value is -1.77. The second kappa shape index (κ2) is 12.3. The quantitative estimate of drug-likeness (QED) is 0.338.